The van der Waals surface area contributed by atoms with Crippen LogP contribution in [0.4, 0.5) is 9.18 Å². The molecule has 2 N–H and O–H groups in total. The maximum atomic E-state index is 14.1. The van der Waals surface area contributed by atoms with Crippen LogP contribution in [0.25, 0.3) is 0 Å². The minimum Gasteiger partial charge on any atom is -0.444 e. The Kier molecular flexibility index (Phi) is 5.99. The lowest BCUT2D eigenvalue weighted by atomic mass is 9.93. The molecular weight excluding hydrogens is 323 g/mol. The lowest BCUT2D eigenvalue weighted by Crippen LogP contribution is -2.47. The number of carbonyl (C=O) groups is 2. The molecule has 1 aromatic rings. The highest BCUT2D eigenvalue weighted by Crippen LogP contribution is 2.27. The van der Waals surface area contributed by atoms with Crippen molar-refractivity contribution in [1.29, 1.82) is 0 Å². The van der Waals surface area contributed by atoms with E-state index in [9.17, 15) is 14.0 Å². The third-order valence-electron chi connectivity index (χ3n) is 2.87. The molecule has 0 saturated carbocycles. The van der Waals surface area contributed by atoms with E-state index < -0.39 is 29.0 Å². The van der Waals surface area contributed by atoms with Gasteiger partial charge in [-0.1, -0.05) is 23.7 Å². The molecule has 1 aromatic carbocycles. The second-order valence-electron chi connectivity index (χ2n) is 6.63. The van der Waals surface area contributed by atoms with E-state index in [2.05, 4.69) is 10.6 Å². The Hall–Kier alpha value is -1.82. The third kappa shape index (κ3) is 6.06. The van der Waals surface area contributed by atoms with Crippen LogP contribution in [0.5, 0.6) is 0 Å². The molecular formula is C16H22ClFN2O3. The van der Waals surface area contributed by atoms with Crippen LogP contribution in [0, 0.1) is 5.82 Å². The molecule has 0 spiro atoms. The maximum absolute atomic E-state index is 14.1. The third-order valence-corrected chi connectivity index (χ3v) is 3.16. The van der Waals surface area contributed by atoms with E-state index in [0.29, 0.717) is 0 Å². The van der Waals surface area contributed by atoms with Crippen molar-refractivity contribution in [3.63, 3.8) is 0 Å². The Morgan fingerprint density at radius 2 is 1.83 bits per heavy atom. The van der Waals surface area contributed by atoms with Crippen LogP contribution in [-0.2, 0) is 15.1 Å². The average Bonchev–Trinajstić information content (AvgIpc) is 2.37. The van der Waals surface area contributed by atoms with Crippen molar-refractivity contribution in [2.75, 3.05) is 6.54 Å². The number of benzene rings is 1. The van der Waals surface area contributed by atoms with Crippen LogP contribution in [-0.4, -0.2) is 24.1 Å². The summed E-state index contributed by atoms with van der Waals surface area (Å²) in [5, 5.41) is 4.98. The average molecular weight is 345 g/mol. The zero-order valence-corrected chi connectivity index (χ0v) is 14.7. The van der Waals surface area contributed by atoms with Gasteiger partial charge in [0.05, 0.1) is 10.6 Å². The van der Waals surface area contributed by atoms with Crippen LogP contribution >= 0.6 is 11.6 Å². The Bertz CT molecular complexity index is 597. The summed E-state index contributed by atoms with van der Waals surface area (Å²) < 4.78 is 19.1. The van der Waals surface area contributed by atoms with Crippen LogP contribution in [0.3, 0.4) is 0 Å². The van der Waals surface area contributed by atoms with Crippen molar-refractivity contribution in [3.05, 3.63) is 34.6 Å². The monoisotopic (exact) mass is 344 g/mol. The van der Waals surface area contributed by atoms with Gasteiger partial charge in [0, 0.05) is 5.56 Å². The normalized spacial score (nSPS) is 11.8. The molecule has 0 aliphatic heterocycles. The maximum Gasteiger partial charge on any atom is 0.408 e. The largest absolute Gasteiger partial charge is 0.444 e. The highest BCUT2D eigenvalue weighted by Gasteiger charge is 2.27. The number of nitrogens with one attached hydrogen (secondary N) is 2. The Morgan fingerprint density at radius 3 is 2.39 bits per heavy atom. The van der Waals surface area contributed by atoms with Crippen molar-refractivity contribution in [2.45, 2.75) is 45.8 Å². The number of ether oxygens (including phenoxy) is 1. The molecule has 5 nitrogen and oxygen atoms in total. The second kappa shape index (κ2) is 7.17. The van der Waals surface area contributed by atoms with Gasteiger partial charge in [0.25, 0.3) is 0 Å². The molecule has 0 bridgehead atoms. The summed E-state index contributed by atoms with van der Waals surface area (Å²) in [6, 6.07) is 4.58. The van der Waals surface area contributed by atoms with Crippen LogP contribution in [0.15, 0.2) is 18.2 Å². The summed E-state index contributed by atoms with van der Waals surface area (Å²) in [5.41, 5.74) is -1.37. The van der Waals surface area contributed by atoms with Crippen LogP contribution in [0.2, 0.25) is 5.02 Å². The molecule has 0 aliphatic carbocycles. The van der Waals surface area contributed by atoms with Crippen LogP contribution in [0.1, 0.15) is 40.2 Å². The van der Waals surface area contributed by atoms with Gasteiger partial charge >= 0.3 is 6.09 Å². The van der Waals surface area contributed by atoms with Gasteiger partial charge in [-0.25, -0.2) is 9.18 Å². The fraction of sp³-hybridized carbons (Fsp3) is 0.500. The zero-order chi connectivity index (χ0) is 17.8. The van der Waals surface area contributed by atoms with Gasteiger partial charge in [0.2, 0.25) is 5.91 Å². The Morgan fingerprint density at radius 1 is 1.22 bits per heavy atom. The number of hydrogen-bond acceptors (Lipinski definition) is 3. The fourth-order valence-electron chi connectivity index (χ4n) is 1.91. The summed E-state index contributed by atoms with van der Waals surface area (Å²) in [4.78, 5) is 23.5. The molecule has 128 valence electrons. The van der Waals surface area contributed by atoms with Crippen molar-refractivity contribution in [2.24, 2.45) is 0 Å². The summed E-state index contributed by atoms with van der Waals surface area (Å²) in [6.07, 6.45) is -0.695. The quantitative estimate of drug-likeness (QED) is 0.880. The molecule has 0 fully saturated rings. The van der Waals surface area contributed by atoms with E-state index in [1.807, 2.05) is 0 Å². The molecule has 0 aromatic heterocycles. The summed E-state index contributed by atoms with van der Waals surface area (Å²) in [6.45, 7) is 8.17. The lowest BCUT2D eigenvalue weighted by Gasteiger charge is -2.28. The first-order valence-corrected chi connectivity index (χ1v) is 7.52. The summed E-state index contributed by atoms with van der Waals surface area (Å²) in [5.74, 6) is -1.06. The molecule has 7 heteroatoms. The fourth-order valence-corrected chi connectivity index (χ4v) is 2.09. The van der Waals surface area contributed by atoms with E-state index in [0.717, 1.165) is 0 Å². The van der Waals surface area contributed by atoms with Crippen LogP contribution < -0.4 is 10.6 Å². The number of rotatable bonds is 4. The standard InChI is InChI=1S/C16H22ClFN2O3/c1-15(2,3)23-14(22)19-9-12(21)20-16(4,5)10-7-6-8-11(17)13(10)18/h6-8H,9H2,1-5H3,(H,19,22)(H,20,21). The number of halogens is 2. The zero-order valence-electron chi connectivity index (χ0n) is 13.9. The van der Waals surface area contributed by atoms with E-state index >= 15 is 0 Å². The molecule has 0 unspecified atom stereocenters. The molecule has 0 aliphatic rings. The van der Waals surface area contributed by atoms with Gasteiger partial charge in [-0.3, -0.25) is 4.79 Å². The predicted molar refractivity (Wildman–Crippen MR) is 86.8 cm³/mol. The van der Waals surface area contributed by atoms with Gasteiger partial charge in [-0.15, -0.1) is 0 Å². The summed E-state index contributed by atoms with van der Waals surface area (Å²) in [7, 11) is 0. The molecule has 0 radical (unpaired) electrons. The second-order valence-corrected chi connectivity index (χ2v) is 7.04. The number of alkyl carbamates (subject to hydrolysis) is 1. The summed E-state index contributed by atoms with van der Waals surface area (Å²) >= 11 is 5.76. The van der Waals surface area contributed by atoms with Crippen molar-refractivity contribution in [3.8, 4) is 0 Å². The smallest absolute Gasteiger partial charge is 0.408 e. The SMILES string of the molecule is CC(C)(C)OC(=O)NCC(=O)NC(C)(C)c1cccc(Cl)c1F. The minimum atomic E-state index is -0.984. The van der Waals surface area contributed by atoms with E-state index in [-0.39, 0.29) is 17.1 Å². The predicted octanol–water partition coefficient (Wildman–Crippen LogP) is 3.36. The number of carbonyl (C=O) groups excluding carboxylic acids is 2. The minimum absolute atomic E-state index is 0.0169. The highest BCUT2D eigenvalue weighted by atomic mass is 35.5. The van der Waals surface area contributed by atoms with Gasteiger partial charge in [-0.2, -0.15) is 0 Å². The highest BCUT2D eigenvalue weighted by molar-refractivity contribution is 6.30. The first kappa shape index (κ1) is 19.2. The first-order valence-electron chi connectivity index (χ1n) is 7.15. The van der Waals surface area contributed by atoms with Gasteiger partial charge in [0.1, 0.15) is 18.0 Å². The Balaban J connectivity index is 2.66. The van der Waals surface area contributed by atoms with E-state index in [1.165, 1.54) is 6.07 Å². The van der Waals surface area contributed by atoms with Gasteiger partial charge in [-0.05, 0) is 40.7 Å². The van der Waals surface area contributed by atoms with Gasteiger partial charge < -0.3 is 15.4 Å². The van der Waals surface area contributed by atoms with Gasteiger partial charge in [0.15, 0.2) is 0 Å². The molecule has 0 heterocycles. The number of amides is 2. The van der Waals surface area contributed by atoms with E-state index in [4.69, 9.17) is 16.3 Å². The van der Waals surface area contributed by atoms with Crippen molar-refractivity contribution >= 4 is 23.6 Å². The molecule has 1 rings (SSSR count). The first-order chi connectivity index (χ1) is 10.4. The topological polar surface area (TPSA) is 67.4 Å². The number of hydrogen-bond donors (Lipinski definition) is 2. The van der Waals surface area contributed by atoms with Crippen molar-refractivity contribution < 1.29 is 18.7 Å². The lowest BCUT2D eigenvalue weighted by molar-refractivity contribution is -0.122. The van der Waals surface area contributed by atoms with E-state index in [1.54, 1.807) is 46.8 Å². The Labute approximate surface area is 140 Å². The molecule has 2 amide bonds. The molecule has 0 saturated heterocycles. The molecule has 0 atom stereocenters. The molecule has 23 heavy (non-hydrogen) atoms. The van der Waals surface area contributed by atoms with Crippen molar-refractivity contribution in [1.82, 2.24) is 10.6 Å².